The number of benzene rings is 2. The number of nitrogens with zero attached hydrogens (tertiary/aromatic N) is 1. The molecule has 0 saturated carbocycles. The molecule has 0 aromatic heterocycles. The van der Waals surface area contributed by atoms with Gasteiger partial charge in [-0.1, -0.05) is 12.1 Å². The molecule has 164 valence electrons. The molecule has 1 fully saturated rings. The highest BCUT2D eigenvalue weighted by Crippen LogP contribution is 2.39. The van der Waals surface area contributed by atoms with E-state index in [1.807, 2.05) is 18.2 Å². The van der Waals surface area contributed by atoms with Gasteiger partial charge in [0, 0.05) is 0 Å². The Kier molecular flexibility index (Phi) is 7.70. The number of methoxy groups -OCH3 is 3. The SMILES string of the molecule is COc1ccc(C[NH+]2CC[NH+](CC(=O)Nc3ccccc3C#N)CC2)c(OC)c1OC. The van der Waals surface area contributed by atoms with Crippen molar-refractivity contribution < 1.29 is 28.8 Å². The molecule has 0 atom stereocenters. The fourth-order valence-electron chi connectivity index (χ4n) is 3.99. The largest absolute Gasteiger partial charge is 0.493 e. The van der Waals surface area contributed by atoms with E-state index in [9.17, 15) is 4.79 Å². The molecule has 8 nitrogen and oxygen atoms in total. The average Bonchev–Trinajstić information content (AvgIpc) is 2.80. The number of nitrogens with one attached hydrogen (secondary N) is 3. The second-order valence-electron chi connectivity index (χ2n) is 7.55. The number of hydrogen-bond donors (Lipinski definition) is 3. The van der Waals surface area contributed by atoms with E-state index in [1.54, 1.807) is 39.5 Å². The minimum atomic E-state index is -0.0669. The summed E-state index contributed by atoms with van der Waals surface area (Å²) in [6, 6.07) is 13.1. The minimum Gasteiger partial charge on any atom is -0.493 e. The molecule has 1 aliphatic rings. The molecule has 0 aliphatic carbocycles. The third-order valence-electron chi connectivity index (χ3n) is 5.62. The molecule has 31 heavy (non-hydrogen) atoms. The van der Waals surface area contributed by atoms with Crippen molar-refractivity contribution in [2.45, 2.75) is 6.54 Å². The fraction of sp³-hybridized carbons (Fsp3) is 0.391. The Labute approximate surface area is 182 Å². The summed E-state index contributed by atoms with van der Waals surface area (Å²) < 4.78 is 16.4. The fourth-order valence-corrected chi connectivity index (χ4v) is 3.99. The van der Waals surface area contributed by atoms with Gasteiger partial charge in [-0.15, -0.1) is 0 Å². The number of anilines is 1. The predicted molar refractivity (Wildman–Crippen MR) is 116 cm³/mol. The van der Waals surface area contributed by atoms with Crippen molar-refractivity contribution in [2.75, 3.05) is 59.4 Å². The first-order valence-corrected chi connectivity index (χ1v) is 10.3. The van der Waals surface area contributed by atoms with E-state index in [4.69, 9.17) is 19.5 Å². The molecule has 0 unspecified atom stereocenters. The molecule has 3 rings (SSSR count). The molecule has 8 heteroatoms. The van der Waals surface area contributed by atoms with Crippen LogP contribution in [0.25, 0.3) is 0 Å². The normalized spacial score (nSPS) is 18.0. The second kappa shape index (κ2) is 10.7. The van der Waals surface area contributed by atoms with Gasteiger partial charge >= 0.3 is 0 Å². The van der Waals surface area contributed by atoms with E-state index in [0.29, 0.717) is 35.0 Å². The van der Waals surface area contributed by atoms with E-state index in [2.05, 4.69) is 11.4 Å². The summed E-state index contributed by atoms with van der Waals surface area (Å²) in [6.45, 7) is 4.92. The topological polar surface area (TPSA) is 89.5 Å². The smallest absolute Gasteiger partial charge is 0.279 e. The van der Waals surface area contributed by atoms with Crippen molar-refractivity contribution in [3.63, 3.8) is 0 Å². The molecule has 1 aliphatic heterocycles. The Morgan fingerprint density at radius 2 is 1.65 bits per heavy atom. The Hall–Kier alpha value is -3.28. The van der Waals surface area contributed by atoms with Gasteiger partial charge in [0.2, 0.25) is 5.75 Å². The molecule has 3 N–H and O–H groups in total. The lowest BCUT2D eigenvalue weighted by molar-refractivity contribution is -1.02. The van der Waals surface area contributed by atoms with Gasteiger partial charge in [0.25, 0.3) is 5.91 Å². The van der Waals surface area contributed by atoms with E-state index < -0.39 is 0 Å². The standard InChI is InChI=1S/C23H28N4O4/c1-29-20-9-8-18(22(30-2)23(20)31-3)15-26-10-12-27(13-11-26)16-21(28)25-19-7-5-4-6-17(19)14-24/h4-9H,10-13,15-16H2,1-3H3,(H,25,28)/p+2. The van der Waals surface area contributed by atoms with Crippen LogP contribution in [0.2, 0.25) is 0 Å². The van der Waals surface area contributed by atoms with E-state index in [-0.39, 0.29) is 5.91 Å². The lowest BCUT2D eigenvalue weighted by atomic mass is 10.1. The number of hydrogen-bond acceptors (Lipinski definition) is 5. The number of amides is 1. The summed E-state index contributed by atoms with van der Waals surface area (Å²) in [5.74, 6) is 1.90. The van der Waals surface area contributed by atoms with Crippen LogP contribution in [0.1, 0.15) is 11.1 Å². The van der Waals surface area contributed by atoms with Crippen LogP contribution < -0.4 is 29.3 Å². The number of carbonyl (C=O) groups excluding carboxylic acids is 1. The molecule has 0 bridgehead atoms. The molecule has 1 amide bonds. The van der Waals surface area contributed by atoms with E-state index in [0.717, 1.165) is 38.3 Å². The lowest BCUT2D eigenvalue weighted by Gasteiger charge is -2.30. The highest BCUT2D eigenvalue weighted by Gasteiger charge is 2.27. The molecule has 1 saturated heterocycles. The third kappa shape index (κ3) is 5.45. The molecular weight excluding hydrogens is 396 g/mol. The Bertz CT molecular complexity index is 949. The number of nitriles is 1. The maximum atomic E-state index is 12.4. The number of para-hydroxylation sites is 1. The van der Waals surface area contributed by atoms with Gasteiger partial charge < -0.3 is 29.3 Å². The van der Waals surface area contributed by atoms with Crippen LogP contribution in [0.4, 0.5) is 5.69 Å². The monoisotopic (exact) mass is 426 g/mol. The van der Waals surface area contributed by atoms with Crippen LogP contribution in [0, 0.1) is 11.3 Å². The van der Waals surface area contributed by atoms with Gasteiger partial charge in [0.1, 0.15) is 38.8 Å². The van der Waals surface area contributed by atoms with Crippen LogP contribution in [-0.2, 0) is 11.3 Å². The number of rotatable bonds is 8. The van der Waals surface area contributed by atoms with Gasteiger partial charge in [-0.2, -0.15) is 5.26 Å². The summed E-state index contributed by atoms with van der Waals surface area (Å²) >= 11 is 0. The molecule has 2 aromatic rings. The van der Waals surface area contributed by atoms with Crippen molar-refractivity contribution in [1.82, 2.24) is 0 Å². The maximum absolute atomic E-state index is 12.4. The van der Waals surface area contributed by atoms with Crippen LogP contribution in [0.3, 0.4) is 0 Å². The number of ether oxygens (including phenoxy) is 3. The average molecular weight is 427 g/mol. The molecule has 1 heterocycles. The third-order valence-corrected chi connectivity index (χ3v) is 5.62. The minimum absolute atomic E-state index is 0.0669. The highest BCUT2D eigenvalue weighted by molar-refractivity contribution is 5.92. The van der Waals surface area contributed by atoms with Crippen LogP contribution >= 0.6 is 0 Å². The summed E-state index contributed by atoms with van der Waals surface area (Å²) in [5, 5.41) is 12.0. The Morgan fingerprint density at radius 3 is 2.29 bits per heavy atom. The van der Waals surface area contributed by atoms with Gasteiger partial charge in [-0.3, -0.25) is 4.79 Å². The van der Waals surface area contributed by atoms with Crippen molar-refractivity contribution in [2.24, 2.45) is 0 Å². The van der Waals surface area contributed by atoms with Crippen LogP contribution in [-0.4, -0.2) is 60.0 Å². The van der Waals surface area contributed by atoms with Crippen molar-refractivity contribution in [3.05, 3.63) is 47.5 Å². The quantitative estimate of drug-likeness (QED) is 0.530. The van der Waals surface area contributed by atoms with Crippen molar-refractivity contribution in [1.29, 1.82) is 5.26 Å². The lowest BCUT2D eigenvalue weighted by Crippen LogP contribution is -3.28. The Balaban J connectivity index is 1.54. The summed E-state index contributed by atoms with van der Waals surface area (Å²) in [6.07, 6.45) is 0. The summed E-state index contributed by atoms with van der Waals surface area (Å²) in [4.78, 5) is 15.1. The van der Waals surface area contributed by atoms with Gasteiger partial charge in [-0.05, 0) is 24.3 Å². The first-order valence-electron chi connectivity index (χ1n) is 10.3. The number of quaternary nitrogens is 2. The van der Waals surface area contributed by atoms with Gasteiger partial charge in [0.05, 0.1) is 38.1 Å². The van der Waals surface area contributed by atoms with Crippen LogP contribution in [0.5, 0.6) is 17.2 Å². The zero-order valence-electron chi connectivity index (χ0n) is 18.3. The first-order chi connectivity index (χ1) is 15.1. The molecule has 0 radical (unpaired) electrons. The van der Waals surface area contributed by atoms with Gasteiger partial charge in [0.15, 0.2) is 18.0 Å². The van der Waals surface area contributed by atoms with Gasteiger partial charge in [-0.25, -0.2) is 0 Å². The van der Waals surface area contributed by atoms with E-state index >= 15 is 0 Å². The molecule has 0 spiro atoms. The van der Waals surface area contributed by atoms with Crippen molar-refractivity contribution in [3.8, 4) is 23.3 Å². The number of piperazine rings is 1. The maximum Gasteiger partial charge on any atom is 0.279 e. The summed E-state index contributed by atoms with van der Waals surface area (Å²) in [5.41, 5.74) is 2.12. The molecular formula is C23H30N4O4+2. The zero-order chi connectivity index (χ0) is 22.2. The Morgan fingerprint density at radius 1 is 0.968 bits per heavy atom. The zero-order valence-corrected chi connectivity index (χ0v) is 18.3. The highest BCUT2D eigenvalue weighted by atomic mass is 16.5. The first kappa shape index (κ1) is 22.4. The van der Waals surface area contributed by atoms with E-state index in [1.165, 1.54) is 9.80 Å². The summed E-state index contributed by atoms with van der Waals surface area (Å²) in [7, 11) is 4.86. The predicted octanol–water partition coefficient (Wildman–Crippen LogP) is -0.494. The number of carbonyl (C=O) groups is 1. The second-order valence-corrected chi connectivity index (χ2v) is 7.55. The molecule has 2 aromatic carbocycles. The van der Waals surface area contributed by atoms with Crippen molar-refractivity contribution >= 4 is 11.6 Å². The van der Waals surface area contributed by atoms with Crippen LogP contribution in [0.15, 0.2) is 36.4 Å².